The van der Waals surface area contributed by atoms with E-state index in [0.717, 1.165) is 12.8 Å². The zero-order valence-corrected chi connectivity index (χ0v) is 9.63. The molecule has 15 heavy (non-hydrogen) atoms. The molecule has 2 heteroatoms. The lowest BCUT2D eigenvalue weighted by atomic mass is 10.0. The predicted octanol–water partition coefficient (Wildman–Crippen LogP) is 3.54. The van der Waals surface area contributed by atoms with Crippen LogP contribution in [0.5, 0.6) is 0 Å². The van der Waals surface area contributed by atoms with E-state index in [1.165, 1.54) is 17.7 Å². The minimum Gasteiger partial charge on any atom is -0.298 e. The zero-order chi connectivity index (χ0) is 10.5. The fraction of sp³-hybridized carbons (Fsp3) is 0.462. The zero-order valence-electron chi connectivity index (χ0n) is 8.82. The second kappa shape index (κ2) is 5.36. The Balaban J connectivity index is 1.80. The van der Waals surface area contributed by atoms with Gasteiger partial charge in [0.15, 0.2) is 0 Å². The van der Waals surface area contributed by atoms with Crippen LogP contribution >= 0.6 is 11.8 Å². The van der Waals surface area contributed by atoms with Gasteiger partial charge in [-0.05, 0) is 25.0 Å². The Labute approximate surface area is 95.3 Å². The SMILES string of the molecule is O=C(CSc1ccccc1)C1CCCC1. The van der Waals surface area contributed by atoms with Crippen molar-refractivity contribution in [3.63, 3.8) is 0 Å². The van der Waals surface area contributed by atoms with Gasteiger partial charge in [-0.25, -0.2) is 0 Å². The first-order valence-corrected chi connectivity index (χ1v) is 6.55. The van der Waals surface area contributed by atoms with Crippen molar-refractivity contribution in [2.24, 2.45) is 5.92 Å². The topological polar surface area (TPSA) is 17.1 Å². The van der Waals surface area contributed by atoms with Crippen LogP contribution in [0.25, 0.3) is 0 Å². The monoisotopic (exact) mass is 220 g/mol. The summed E-state index contributed by atoms with van der Waals surface area (Å²) < 4.78 is 0. The largest absolute Gasteiger partial charge is 0.298 e. The molecule has 1 aromatic carbocycles. The first kappa shape index (κ1) is 10.7. The maximum Gasteiger partial charge on any atom is 0.146 e. The molecule has 0 N–H and O–H groups in total. The third-order valence-corrected chi connectivity index (χ3v) is 3.97. The van der Waals surface area contributed by atoms with Gasteiger partial charge in [-0.1, -0.05) is 31.0 Å². The summed E-state index contributed by atoms with van der Waals surface area (Å²) in [4.78, 5) is 13.0. The van der Waals surface area contributed by atoms with Crippen LogP contribution in [0.4, 0.5) is 0 Å². The molecular formula is C13H16OS. The van der Waals surface area contributed by atoms with Crippen LogP contribution in [-0.2, 0) is 4.79 Å². The number of carbonyl (C=O) groups is 1. The van der Waals surface area contributed by atoms with Crippen molar-refractivity contribution in [2.75, 3.05) is 5.75 Å². The third-order valence-electron chi connectivity index (χ3n) is 2.93. The number of hydrogen-bond donors (Lipinski definition) is 0. The van der Waals surface area contributed by atoms with Crippen LogP contribution in [-0.4, -0.2) is 11.5 Å². The number of ketones is 1. The van der Waals surface area contributed by atoms with Gasteiger partial charge in [0, 0.05) is 10.8 Å². The summed E-state index contributed by atoms with van der Waals surface area (Å²) in [6, 6.07) is 10.2. The molecule has 0 amide bonds. The normalized spacial score (nSPS) is 16.8. The fourth-order valence-corrected chi connectivity index (χ4v) is 2.93. The molecule has 1 nitrogen and oxygen atoms in total. The van der Waals surface area contributed by atoms with E-state index in [-0.39, 0.29) is 0 Å². The number of thioether (sulfide) groups is 1. The van der Waals surface area contributed by atoms with Crippen molar-refractivity contribution >= 4 is 17.5 Å². The van der Waals surface area contributed by atoms with Crippen LogP contribution < -0.4 is 0 Å². The molecule has 0 aliphatic heterocycles. The van der Waals surface area contributed by atoms with E-state index in [4.69, 9.17) is 0 Å². The molecule has 0 saturated heterocycles. The van der Waals surface area contributed by atoms with E-state index in [2.05, 4.69) is 12.1 Å². The van der Waals surface area contributed by atoms with Crippen molar-refractivity contribution in [3.05, 3.63) is 30.3 Å². The fourth-order valence-electron chi connectivity index (χ4n) is 2.04. The van der Waals surface area contributed by atoms with Crippen LogP contribution in [0.3, 0.4) is 0 Å². The first-order chi connectivity index (χ1) is 7.36. The molecule has 1 aliphatic rings. The van der Waals surface area contributed by atoms with Crippen molar-refractivity contribution in [1.29, 1.82) is 0 Å². The van der Waals surface area contributed by atoms with Gasteiger partial charge >= 0.3 is 0 Å². The quantitative estimate of drug-likeness (QED) is 0.722. The van der Waals surface area contributed by atoms with Gasteiger partial charge in [-0.15, -0.1) is 11.8 Å². The number of benzene rings is 1. The smallest absolute Gasteiger partial charge is 0.146 e. The lowest BCUT2D eigenvalue weighted by molar-refractivity contribution is -0.120. The summed E-state index contributed by atoms with van der Waals surface area (Å²) >= 11 is 1.67. The highest BCUT2D eigenvalue weighted by Gasteiger charge is 2.22. The van der Waals surface area contributed by atoms with Crippen LogP contribution in [0.1, 0.15) is 25.7 Å². The molecule has 0 spiro atoms. The Kier molecular flexibility index (Phi) is 3.84. The number of rotatable bonds is 4. The van der Waals surface area contributed by atoms with E-state index in [1.807, 2.05) is 18.2 Å². The van der Waals surface area contributed by atoms with Crippen LogP contribution in [0.2, 0.25) is 0 Å². The molecule has 0 unspecified atom stereocenters. The van der Waals surface area contributed by atoms with Crippen LogP contribution in [0, 0.1) is 5.92 Å². The molecular weight excluding hydrogens is 204 g/mol. The van der Waals surface area contributed by atoms with E-state index in [1.54, 1.807) is 11.8 Å². The van der Waals surface area contributed by atoms with Gasteiger partial charge in [0.05, 0.1) is 5.75 Å². The molecule has 1 saturated carbocycles. The van der Waals surface area contributed by atoms with Gasteiger partial charge < -0.3 is 0 Å². The van der Waals surface area contributed by atoms with Gasteiger partial charge in [0.2, 0.25) is 0 Å². The Morgan fingerprint density at radius 2 is 1.87 bits per heavy atom. The Morgan fingerprint density at radius 1 is 1.20 bits per heavy atom. The molecule has 0 radical (unpaired) electrons. The van der Waals surface area contributed by atoms with Crippen molar-refractivity contribution in [3.8, 4) is 0 Å². The highest BCUT2D eigenvalue weighted by Crippen LogP contribution is 2.28. The standard InChI is InChI=1S/C13H16OS/c14-13(11-6-4-5-7-11)10-15-12-8-2-1-3-9-12/h1-3,8-9,11H,4-7,10H2. The molecule has 0 atom stereocenters. The molecule has 1 aliphatic carbocycles. The van der Waals surface area contributed by atoms with E-state index >= 15 is 0 Å². The summed E-state index contributed by atoms with van der Waals surface area (Å²) in [5, 5.41) is 0. The predicted molar refractivity (Wildman–Crippen MR) is 64.1 cm³/mol. The number of hydrogen-bond acceptors (Lipinski definition) is 2. The minimum absolute atomic E-state index is 0.362. The Morgan fingerprint density at radius 3 is 2.53 bits per heavy atom. The minimum atomic E-state index is 0.362. The van der Waals surface area contributed by atoms with Gasteiger partial charge in [0.25, 0.3) is 0 Å². The second-order valence-corrected chi connectivity index (χ2v) is 5.10. The first-order valence-electron chi connectivity index (χ1n) is 5.57. The number of Topliss-reactive ketones (excluding diaryl/α,β-unsaturated/α-hetero) is 1. The van der Waals surface area contributed by atoms with Gasteiger partial charge in [-0.3, -0.25) is 4.79 Å². The summed E-state index contributed by atoms with van der Waals surface area (Å²) in [6.07, 6.45) is 4.72. The number of carbonyl (C=O) groups excluding carboxylic acids is 1. The molecule has 0 aromatic heterocycles. The summed E-state index contributed by atoms with van der Waals surface area (Å²) in [7, 11) is 0. The van der Waals surface area contributed by atoms with Crippen molar-refractivity contribution < 1.29 is 4.79 Å². The van der Waals surface area contributed by atoms with E-state index in [0.29, 0.717) is 17.5 Å². The summed E-state index contributed by atoms with van der Waals surface area (Å²) in [6.45, 7) is 0. The molecule has 0 bridgehead atoms. The second-order valence-electron chi connectivity index (χ2n) is 4.05. The van der Waals surface area contributed by atoms with E-state index < -0.39 is 0 Å². The summed E-state index contributed by atoms with van der Waals surface area (Å²) in [5.41, 5.74) is 0. The summed E-state index contributed by atoms with van der Waals surface area (Å²) in [5.74, 6) is 1.46. The lowest BCUT2D eigenvalue weighted by Crippen LogP contribution is -2.12. The van der Waals surface area contributed by atoms with Gasteiger partial charge in [-0.2, -0.15) is 0 Å². The Bertz CT molecular complexity index is 315. The highest BCUT2D eigenvalue weighted by atomic mass is 32.2. The average Bonchev–Trinajstić information content (AvgIpc) is 2.81. The third kappa shape index (κ3) is 3.10. The van der Waals surface area contributed by atoms with E-state index in [9.17, 15) is 4.79 Å². The molecule has 1 fully saturated rings. The molecule has 1 aromatic rings. The maximum atomic E-state index is 11.8. The lowest BCUT2D eigenvalue weighted by Gasteiger charge is -2.06. The van der Waals surface area contributed by atoms with Crippen molar-refractivity contribution in [2.45, 2.75) is 30.6 Å². The highest BCUT2D eigenvalue weighted by molar-refractivity contribution is 8.00. The van der Waals surface area contributed by atoms with Gasteiger partial charge in [0.1, 0.15) is 5.78 Å². The molecule has 0 heterocycles. The maximum absolute atomic E-state index is 11.8. The molecule has 2 rings (SSSR count). The Hall–Kier alpha value is -0.760. The van der Waals surface area contributed by atoms with Crippen LogP contribution in [0.15, 0.2) is 35.2 Å². The van der Waals surface area contributed by atoms with Crippen molar-refractivity contribution in [1.82, 2.24) is 0 Å². The average molecular weight is 220 g/mol. The molecule has 80 valence electrons.